The average molecular weight is 383 g/mol. The van der Waals surface area contributed by atoms with Crippen molar-refractivity contribution in [3.05, 3.63) is 36.7 Å². The van der Waals surface area contributed by atoms with E-state index < -0.39 is 0 Å². The zero-order valence-corrected chi connectivity index (χ0v) is 16.6. The summed E-state index contributed by atoms with van der Waals surface area (Å²) in [6.07, 6.45) is 5.26. The van der Waals surface area contributed by atoms with E-state index in [4.69, 9.17) is 4.74 Å². The van der Waals surface area contributed by atoms with Crippen molar-refractivity contribution in [3.63, 3.8) is 0 Å². The van der Waals surface area contributed by atoms with Crippen LogP contribution in [0.4, 0.5) is 17.3 Å². The van der Waals surface area contributed by atoms with E-state index in [0.717, 1.165) is 62.0 Å². The van der Waals surface area contributed by atoms with Gasteiger partial charge in [0.25, 0.3) is 0 Å². The Balaban J connectivity index is 1.50. The highest BCUT2D eigenvalue weighted by atomic mass is 16.5. The maximum Gasteiger partial charge on any atom is 0.224 e. The lowest BCUT2D eigenvalue weighted by atomic mass is 9.93. The van der Waals surface area contributed by atoms with Gasteiger partial charge in [-0.25, -0.2) is 9.97 Å². The summed E-state index contributed by atoms with van der Waals surface area (Å²) in [7, 11) is 1.62. The van der Waals surface area contributed by atoms with Crippen LogP contribution in [-0.4, -0.2) is 42.6 Å². The molecule has 7 nitrogen and oxygen atoms in total. The number of ether oxygens (including phenoxy) is 1. The summed E-state index contributed by atoms with van der Waals surface area (Å²) in [6.45, 7) is 4.81. The second kappa shape index (κ2) is 9.92. The molecule has 1 saturated heterocycles. The largest absolute Gasteiger partial charge is 0.497 e. The maximum absolute atomic E-state index is 12.3. The van der Waals surface area contributed by atoms with Gasteiger partial charge in [0.2, 0.25) is 5.91 Å². The Labute approximate surface area is 166 Å². The second-order valence-electron chi connectivity index (χ2n) is 7.06. The van der Waals surface area contributed by atoms with Crippen LogP contribution >= 0.6 is 0 Å². The summed E-state index contributed by atoms with van der Waals surface area (Å²) in [5.41, 5.74) is 0.770. The molecule has 1 aliphatic rings. The minimum atomic E-state index is 0.0434. The van der Waals surface area contributed by atoms with Crippen LogP contribution in [0, 0.1) is 5.92 Å². The van der Waals surface area contributed by atoms with E-state index >= 15 is 0 Å². The first-order chi connectivity index (χ1) is 13.7. The molecule has 3 rings (SSSR count). The van der Waals surface area contributed by atoms with Gasteiger partial charge in [0.1, 0.15) is 23.7 Å². The Morgan fingerprint density at radius 2 is 2.21 bits per heavy atom. The fraction of sp³-hybridized carbons (Fsp3) is 0.476. The van der Waals surface area contributed by atoms with Crippen molar-refractivity contribution in [3.8, 4) is 5.75 Å². The highest BCUT2D eigenvalue weighted by molar-refractivity contribution is 5.90. The molecule has 28 heavy (non-hydrogen) atoms. The molecule has 1 fully saturated rings. The molecule has 1 aromatic heterocycles. The van der Waals surface area contributed by atoms with E-state index in [9.17, 15) is 4.79 Å². The standard InChI is InChI=1S/C21H29N5O2/c1-3-22-19-13-20(24-15-23-19)26-11-5-6-16(14-26)9-10-21(27)25-17-7-4-8-18(12-17)28-2/h4,7-8,12-13,15-16H,3,5-6,9-11,14H2,1-2H3,(H,25,27)(H,22,23,24). The Bertz CT molecular complexity index is 783. The number of hydrogen-bond acceptors (Lipinski definition) is 6. The van der Waals surface area contributed by atoms with E-state index in [-0.39, 0.29) is 5.91 Å². The number of aromatic nitrogens is 2. The fourth-order valence-corrected chi connectivity index (χ4v) is 3.57. The summed E-state index contributed by atoms with van der Waals surface area (Å²) in [4.78, 5) is 23.3. The first kappa shape index (κ1) is 19.9. The van der Waals surface area contributed by atoms with Crippen molar-refractivity contribution >= 4 is 23.2 Å². The van der Waals surface area contributed by atoms with Gasteiger partial charge in [0.15, 0.2) is 0 Å². The van der Waals surface area contributed by atoms with E-state index in [1.54, 1.807) is 13.4 Å². The van der Waals surface area contributed by atoms with Gasteiger partial charge in [-0.05, 0) is 44.2 Å². The fourth-order valence-electron chi connectivity index (χ4n) is 3.57. The number of benzene rings is 1. The third-order valence-corrected chi connectivity index (χ3v) is 4.99. The lowest BCUT2D eigenvalue weighted by Gasteiger charge is -2.33. The lowest BCUT2D eigenvalue weighted by Crippen LogP contribution is -2.36. The van der Waals surface area contributed by atoms with Crippen molar-refractivity contribution in [1.29, 1.82) is 0 Å². The number of rotatable bonds is 8. The van der Waals surface area contributed by atoms with E-state index in [1.165, 1.54) is 0 Å². The number of carbonyl (C=O) groups is 1. The predicted molar refractivity (Wildman–Crippen MR) is 112 cm³/mol. The van der Waals surface area contributed by atoms with Crippen molar-refractivity contribution in [2.24, 2.45) is 5.92 Å². The van der Waals surface area contributed by atoms with Gasteiger partial charge >= 0.3 is 0 Å². The molecule has 0 bridgehead atoms. The summed E-state index contributed by atoms with van der Waals surface area (Å²) in [5.74, 6) is 3.08. The Morgan fingerprint density at radius 3 is 3.04 bits per heavy atom. The number of anilines is 3. The number of amides is 1. The van der Waals surface area contributed by atoms with Crippen LogP contribution in [0.2, 0.25) is 0 Å². The Hall–Kier alpha value is -2.83. The summed E-state index contributed by atoms with van der Waals surface area (Å²) in [6, 6.07) is 9.44. The molecule has 7 heteroatoms. The smallest absolute Gasteiger partial charge is 0.224 e. The minimum absolute atomic E-state index is 0.0434. The number of nitrogens with one attached hydrogen (secondary N) is 2. The van der Waals surface area contributed by atoms with Crippen LogP contribution in [0.3, 0.4) is 0 Å². The molecule has 1 amide bonds. The van der Waals surface area contributed by atoms with E-state index in [0.29, 0.717) is 12.3 Å². The quantitative estimate of drug-likeness (QED) is 0.726. The maximum atomic E-state index is 12.3. The minimum Gasteiger partial charge on any atom is -0.497 e. The van der Waals surface area contributed by atoms with Gasteiger partial charge in [0.05, 0.1) is 7.11 Å². The average Bonchev–Trinajstić information content (AvgIpc) is 2.73. The highest BCUT2D eigenvalue weighted by Crippen LogP contribution is 2.26. The molecule has 0 spiro atoms. The van der Waals surface area contributed by atoms with Crippen molar-refractivity contribution in [2.45, 2.75) is 32.6 Å². The van der Waals surface area contributed by atoms with Gasteiger partial charge in [-0.1, -0.05) is 6.07 Å². The van der Waals surface area contributed by atoms with Crippen LogP contribution in [0.15, 0.2) is 36.7 Å². The molecule has 1 aliphatic heterocycles. The molecule has 2 aromatic rings. The lowest BCUT2D eigenvalue weighted by molar-refractivity contribution is -0.116. The summed E-state index contributed by atoms with van der Waals surface area (Å²) < 4.78 is 5.20. The molecule has 2 heterocycles. The molecular weight excluding hydrogens is 354 g/mol. The molecule has 1 unspecified atom stereocenters. The molecular formula is C21H29N5O2. The van der Waals surface area contributed by atoms with Crippen molar-refractivity contribution in [2.75, 3.05) is 42.3 Å². The first-order valence-corrected chi connectivity index (χ1v) is 9.92. The number of piperidine rings is 1. The van der Waals surface area contributed by atoms with Gasteiger partial charge in [-0.2, -0.15) is 0 Å². The van der Waals surface area contributed by atoms with Crippen LogP contribution in [0.25, 0.3) is 0 Å². The highest BCUT2D eigenvalue weighted by Gasteiger charge is 2.22. The molecule has 0 radical (unpaired) electrons. The van der Waals surface area contributed by atoms with Crippen molar-refractivity contribution < 1.29 is 9.53 Å². The van der Waals surface area contributed by atoms with Gasteiger partial charge in [-0.15, -0.1) is 0 Å². The normalized spacial score (nSPS) is 16.5. The predicted octanol–water partition coefficient (Wildman–Crippen LogP) is 3.55. The van der Waals surface area contributed by atoms with Gasteiger partial charge in [0, 0.05) is 43.9 Å². The molecule has 1 aromatic carbocycles. The van der Waals surface area contributed by atoms with E-state index in [1.807, 2.05) is 30.3 Å². The van der Waals surface area contributed by atoms with Crippen LogP contribution in [0.1, 0.15) is 32.6 Å². The second-order valence-corrected chi connectivity index (χ2v) is 7.06. The topological polar surface area (TPSA) is 79.4 Å². The molecule has 0 aliphatic carbocycles. The number of carbonyl (C=O) groups excluding carboxylic acids is 1. The number of methoxy groups -OCH3 is 1. The van der Waals surface area contributed by atoms with Crippen molar-refractivity contribution in [1.82, 2.24) is 9.97 Å². The molecule has 0 saturated carbocycles. The number of nitrogens with zero attached hydrogens (tertiary/aromatic N) is 3. The molecule has 2 N–H and O–H groups in total. The zero-order valence-electron chi connectivity index (χ0n) is 16.6. The summed E-state index contributed by atoms with van der Waals surface area (Å²) >= 11 is 0. The SMILES string of the molecule is CCNc1cc(N2CCCC(CCC(=O)Nc3cccc(OC)c3)C2)ncn1. The van der Waals surface area contributed by atoms with Crippen LogP contribution < -0.4 is 20.3 Å². The Kier molecular flexibility index (Phi) is 7.06. The van der Waals surface area contributed by atoms with Gasteiger partial charge < -0.3 is 20.3 Å². The Morgan fingerprint density at radius 1 is 1.32 bits per heavy atom. The van der Waals surface area contributed by atoms with Gasteiger partial charge in [-0.3, -0.25) is 4.79 Å². The third-order valence-electron chi connectivity index (χ3n) is 4.99. The third kappa shape index (κ3) is 5.58. The van der Waals surface area contributed by atoms with Crippen LogP contribution in [0.5, 0.6) is 5.75 Å². The monoisotopic (exact) mass is 383 g/mol. The number of hydrogen-bond donors (Lipinski definition) is 2. The first-order valence-electron chi connectivity index (χ1n) is 9.92. The zero-order chi connectivity index (χ0) is 19.8. The van der Waals surface area contributed by atoms with Crippen LogP contribution in [-0.2, 0) is 4.79 Å². The van der Waals surface area contributed by atoms with E-state index in [2.05, 4.69) is 32.4 Å². The molecule has 1 atom stereocenters. The summed E-state index contributed by atoms with van der Waals surface area (Å²) in [5, 5.41) is 6.19. The molecule has 150 valence electrons.